The van der Waals surface area contributed by atoms with Gasteiger partial charge in [-0.25, -0.2) is 0 Å². The Labute approximate surface area is 127 Å². The average molecular weight is 286 g/mol. The highest BCUT2D eigenvalue weighted by Gasteiger charge is 2.38. The van der Waals surface area contributed by atoms with Crippen molar-refractivity contribution in [2.75, 3.05) is 6.54 Å². The van der Waals surface area contributed by atoms with Crippen LogP contribution in [0.1, 0.15) is 56.3 Å². The lowest BCUT2D eigenvalue weighted by molar-refractivity contribution is -0.131. The molecule has 2 fully saturated rings. The molecule has 1 saturated heterocycles. The van der Waals surface area contributed by atoms with Gasteiger partial charge < -0.3 is 4.90 Å². The summed E-state index contributed by atoms with van der Waals surface area (Å²) in [5, 5.41) is 3.41. The van der Waals surface area contributed by atoms with Gasteiger partial charge in [0, 0.05) is 6.04 Å². The van der Waals surface area contributed by atoms with Crippen molar-refractivity contribution >= 4 is 5.91 Å². The fraction of sp³-hybridized carbons (Fsp3) is 0.611. The Bertz CT molecular complexity index is 506. The Morgan fingerprint density at radius 2 is 1.90 bits per heavy atom. The molecular formula is C18H26N2O. The van der Waals surface area contributed by atoms with E-state index in [2.05, 4.69) is 48.3 Å². The van der Waals surface area contributed by atoms with E-state index in [0.29, 0.717) is 12.6 Å². The van der Waals surface area contributed by atoms with Crippen LogP contribution in [0.3, 0.4) is 0 Å². The van der Waals surface area contributed by atoms with E-state index >= 15 is 0 Å². The van der Waals surface area contributed by atoms with Crippen LogP contribution >= 0.6 is 0 Å². The molecule has 21 heavy (non-hydrogen) atoms. The molecular weight excluding hydrogens is 260 g/mol. The molecule has 1 amide bonds. The van der Waals surface area contributed by atoms with Crippen LogP contribution < -0.4 is 5.32 Å². The van der Waals surface area contributed by atoms with Crippen molar-refractivity contribution in [1.29, 1.82) is 0 Å². The highest BCUT2D eigenvalue weighted by Crippen LogP contribution is 2.35. The molecule has 1 saturated carbocycles. The fourth-order valence-electron chi connectivity index (χ4n) is 3.92. The number of amides is 1. The molecule has 2 aliphatic rings. The van der Waals surface area contributed by atoms with Gasteiger partial charge in [-0.05, 0) is 49.7 Å². The van der Waals surface area contributed by atoms with E-state index in [-0.39, 0.29) is 12.1 Å². The maximum atomic E-state index is 12.4. The molecule has 1 atom stereocenters. The molecule has 1 aromatic carbocycles. The van der Waals surface area contributed by atoms with Gasteiger partial charge in [-0.3, -0.25) is 10.1 Å². The topological polar surface area (TPSA) is 32.3 Å². The molecule has 1 aromatic rings. The summed E-state index contributed by atoms with van der Waals surface area (Å²) in [6, 6.07) is 8.83. The van der Waals surface area contributed by atoms with Crippen LogP contribution in [0.5, 0.6) is 0 Å². The van der Waals surface area contributed by atoms with Gasteiger partial charge in [-0.1, -0.05) is 37.6 Å². The molecule has 1 aliphatic carbocycles. The number of benzene rings is 1. The molecule has 3 nitrogen and oxygen atoms in total. The van der Waals surface area contributed by atoms with Gasteiger partial charge in [0.1, 0.15) is 6.17 Å². The van der Waals surface area contributed by atoms with Crippen LogP contribution in [0.15, 0.2) is 24.3 Å². The van der Waals surface area contributed by atoms with Crippen molar-refractivity contribution in [3.05, 3.63) is 35.4 Å². The Kier molecular flexibility index (Phi) is 4.29. The number of aryl methyl sites for hydroxylation is 1. The minimum atomic E-state index is 0.0712. The van der Waals surface area contributed by atoms with E-state index < -0.39 is 0 Å². The minimum Gasteiger partial charge on any atom is -0.319 e. The van der Waals surface area contributed by atoms with Gasteiger partial charge >= 0.3 is 0 Å². The summed E-state index contributed by atoms with van der Waals surface area (Å²) in [5.41, 5.74) is 2.51. The summed E-state index contributed by atoms with van der Waals surface area (Å²) in [6.45, 7) is 4.89. The van der Waals surface area contributed by atoms with Gasteiger partial charge in [-0.15, -0.1) is 0 Å². The number of carbonyl (C=O) groups excluding carboxylic acids is 1. The third kappa shape index (κ3) is 2.84. The zero-order valence-electron chi connectivity index (χ0n) is 13.1. The van der Waals surface area contributed by atoms with Crippen molar-refractivity contribution in [3.63, 3.8) is 0 Å². The summed E-state index contributed by atoms with van der Waals surface area (Å²) >= 11 is 0. The first kappa shape index (κ1) is 14.6. The lowest BCUT2D eigenvalue weighted by Gasteiger charge is -2.38. The molecule has 0 radical (unpaired) electrons. The Morgan fingerprint density at radius 3 is 2.57 bits per heavy atom. The highest BCUT2D eigenvalue weighted by molar-refractivity contribution is 5.81. The summed E-state index contributed by atoms with van der Waals surface area (Å²) in [4.78, 5) is 14.5. The smallest absolute Gasteiger partial charge is 0.238 e. The van der Waals surface area contributed by atoms with Gasteiger partial charge in [0.05, 0.1) is 6.54 Å². The van der Waals surface area contributed by atoms with E-state index in [0.717, 1.165) is 18.8 Å². The van der Waals surface area contributed by atoms with Crippen LogP contribution in [0.2, 0.25) is 0 Å². The van der Waals surface area contributed by atoms with Gasteiger partial charge in [0.2, 0.25) is 5.91 Å². The van der Waals surface area contributed by atoms with E-state index in [4.69, 9.17) is 0 Å². The Morgan fingerprint density at radius 1 is 1.19 bits per heavy atom. The fourth-order valence-corrected chi connectivity index (χ4v) is 3.92. The second-order valence-electron chi connectivity index (χ2n) is 6.52. The van der Waals surface area contributed by atoms with Gasteiger partial charge in [0.15, 0.2) is 0 Å². The van der Waals surface area contributed by atoms with Crippen LogP contribution in [-0.2, 0) is 4.79 Å². The number of nitrogens with one attached hydrogen (secondary N) is 1. The monoisotopic (exact) mass is 286 g/mol. The van der Waals surface area contributed by atoms with Crippen molar-refractivity contribution in [2.45, 2.75) is 58.2 Å². The maximum Gasteiger partial charge on any atom is 0.238 e. The predicted octanol–water partition coefficient (Wildman–Crippen LogP) is 3.39. The van der Waals surface area contributed by atoms with E-state index in [1.165, 1.54) is 30.4 Å². The highest BCUT2D eigenvalue weighted by atomic mass is 16.2. The summed E-state index contributed by atoms with van der Waals surface area (Å²) in [5.74, 6) is 1.13. The first-order valence-electron chi connectivity index (χ1n) is 8.30. The second kappa shape index (κ2) is 6.18. The number of rotatable bonds is 3. The molecule has 0 spiro atoms. The summed E-state index contributed by atoms with van der Waals surface area (Å²) < 4.78 is 0. The zero-order chi connectivity index (χ0) is 14.8. The molecule has 3 rings (SSSR count). The molecule has 3 heteroatoms. The van der Waals surface area contributed by atoms with Crippen molar-refractivity contribution in [1.82, 2.24) is 10.2 Å². The van der Waals surface area contributed by atoms with E-state index in [1.54, 1.807) is 0 Å². The normalized spacial score (nSPS) is 29.9. The zero-order valence-corrected chi connectivity index (χ0v) is 13.1. The number of carbonyl (C=O) groups is 1. The Hall–Kier alpha value is -1.35. The molecule has 0 aromatic heterocycles. The quantitative estimate of drug-likeness (QED) is 0.923. The predicted molar refractivity (Wildman–Crippen MR) is 84.8 cm³/mol. The number of nitrogens with zero attached hydrogens (tertiary/aromatic N) is 1. The standard InChI is InChI=1S/C18H26N2O/c1-3-14-8-10-15(11-9-14)20-17(21)12-19-18(20)16-7-5-4-6-13(16)2/h4-7,14-15,18-19H,3,8-12H2,1-2H3. The van der Waals surface area contributed by atoms with E-state index in [1.807, 2.05) is 0 Å². The summed E-state index contributed by atoms with van der Waals surface area (Å²) in [6.07, 6.45) is 6.21. The number of hydrogen-bond acceptors (Lipinski definition) is 2. The maximum absolute atomic E-state index is 12.4. The Balaban J connectivity index is 1.79. The molecule has 114 valence electrons. The summed E-state index contributed by atoms with van der Waals surface area (Å²) in [7, 11) is 0. The molecule has 1 heterocycles. The molecule has 0 bridgehead atoms. The van der Waals surface area contributed by atoms with Gasteiger partial charge in [0.25, 0.3) is 0 Å². The molecule has 1 N–H and O–H groups in total. The average Bonchev–Trinajstić information content (AvgIpc) is 2.89. The van der Waals surface area contributed by atoms with E-state index in [9.17, 15) is 4.79 Å². The van der Waals surface area contributed by atoms with Gasteiger partial charge in [-0.2, -0.15) is 0 Å². The number of hydrogen-bond donors (Lipinski definition) is 1. The van der Waals surface area contributed by atoms with Crippen LogP contribution in [-0.4, -0.2) is 23.4 Å². The SMILES string of the molecule is CCC1CCC(N2C(=O)CNC2c2ccccc2C)CC1. The third-order valence-electron chi connectivity index (χ3n) is 5.28. The van der Waals surface area contributed by atoms with Crippen LogP contribution in [0, 0.1) is 12.8 Å². The molecule has 1 unspecified atom stereocenters. The third-order valence-corrected chi connectivity index (χ3v) is 5.28. The molecule has 1 aliphatic heterocycles. The van der Waals surface area contributed by atoms with Crippen molar-refractivity contribution in [3.8, 4) is 0 Å². The second-order valence-corrected chi connectivity index (χ2v) is 6.52. The van der Waals surface area contributed by atoms with Crippen LogP contribution in [0.25, 0.3) is 0 Å². The van der Waals surface area contributed by atoms with Crippen molar-refractivity contribution < 1.29 is 4.79 Å². The first-order valence-corrected chi connectivity index (χ1v) is 8.30. The van der Waals surface area contributed by atoms with Crippen molar-refractivity contribution in [2.24, 2.45) is 5.92 Å². The van der Waals surface area contributed by atoms with Crippen LogP contribution in [0.4, 0.5) is 0 Å². The lowest BCUT2D eigenvalue weighted by atomic mass is 9.83. The minimum absolute atomic E-state index is 0.0712. The largest absolute Gasteiger partial charge is 0.319 e. The first-order chi connectivity index (χ1) is 10.2. The lowest BCUT2D eigenvalue weighted by Crippen LogP contribution is -2.42.